The van der Waals surface area contributed by atoms with E-state index in [2.05, 4.69) is 0 Å². The van der Waals surface area contributed by atoms with Crippen LogP contribution < -0.4 is 0 Å². The first-order valence-corrected chi connectivity index (χ1v) is 6.87. The van der Waals surface area contributed by atoms with Gasteiger partial charge < -0.3 is 14.9 Å². The molecule has 92 valence electrons. The molecule has 0 aliphatic carbocycles. The van der Waals surface area contributed by atoms with Crippen LogP contribution in [0.3, 0.4) is 0 Å². The number of carbonyl (C=O) groups is 1. The summed E-state index contributed by atoms with van der Waals surface area (Å²) in [5.74, 6) is 0.851. The molecule has 0 unspecified atom stereocenters. The van der Waals surface area contributed by atoms with Crippen molar-refractivity contribution in [2.24, 2.45) is 5.41 Å². The molecule has 0 bridgehead atoms. The van der Waals surface area contributed by atoms with E-state index in [-0.39, 0.29) is 0 Å². The van der Waals surface area contributed by atoms with Gasteiger partial charge in [0.05, 0.1) is 5.60 Å². The molecule has 4 nitrogen and oxygen atoms in total. The van der Waals surface area contributed by atoms with Gasteiger partial charge in [0.15, 0.2) is 0 Å². The van der Waals surface area contributed by atoms with Gasteiger partial charge in [-0.3, -0.25) is 4.79 Å². The fourth-order valence-electron chi connectivity index (χ4n) is 2.79. The lowest BCUT2D eigenvalue weighted by Gasteiger charge is -2.48. The zero-order valence-corrected chi connectivity index (χ0v) is 10.1. The summed E-state index contributed by atoms with van der Waals surface area (Å²) in [6.07, 6.45) is 2.04. The molecule has 5 heteroatoms. The van der Waals surface area contributed by atoms with E-state index in [1.807, 2.05) is 0 Å². The van der Waals surface area contributed by atoms with Crippen molar-refractivity contribution in [1.29, 1.82) is 0 Å². The van der Waals surface area contributed by atoms with Crippen LogP contribution in [0.2, 0.25) is 0 Å². The molecule has 0 aromatic heterocycles. The third kappa shape index (κ3) is 1.85. The molecule has 2 fully saturated rings. The van der Waals surface area contributed by atoms with Gasteiger partial charge >= 0.3 is 5.97 Å². The zero-order valence-electron chi connectivity index (χ0n) is 9.28. The fraction of sp³-hybridized carbons (Fsp3) is 0.909. The Morgan fingerprint density at radius 1 is 1.12 bits per heavy atom. The second-order valence-corrected chi connectivity index (χ2v) is 5.87. The molecule has 16 heavy (non-hydrogen) atoms. The van der Waals surface area contributed by atoms with Gasteiger partial charge in [0.25, 0.3) is 0 Å². The standard InChI is InChI=1S/C11H18O4S/c12-9(13)10(1-5-15-6-2-10)11(14)3-7-16-8-4-11/h14H,1-8H2,(H,12,13). The average Bonchev–Trinajstić information content (AvgIpc) is 2.30. The van der Waals surface area contributed by atoms with Crippen LogP contribution in [0, 0.1) is 5.41 Å². The minimum Gasteiger partial charge on any atom is -0.481 e. The van der Waals surface area contributed by atoms with Crippen molar-refractivity contribution < 1.29 is 19.7 Å². The Morgan fingerprint density at radius 2 is 1.69 bits per heavy atom. The van der Waals surface area contributed by atoms with Crippen molar-refractivity contribution in [3.8, 4) is 0 Å². The van der Waals surface area contributed by atoms with E-state index in [1.54, 1.807) is 11.8 Å². The molecule has 2 rings (SSSR count). The van der Waals surface area contributed by atoms with Crippen LogP contribution in [0.1, 0.15) is 25.7 Å². The van der Waals surface area contributed by atoms with Gasteiger partial charge in [-0.05, 0) is 37.2 Å². The molecule has 0 aromatic rings. The van der Waals surface area contributed by atoms with Crippen LogP contribution in [-0.2, 0) is 9.53 Å². The summed E-state index contributed by atoms with van der Waals surface area (Å²) in [5.41, 5.74) is -2.01. The van der Waals surface area contributed by atoms with E-state index in [9.17, 15) is 15.0 Å². The van der Waals surface area contributed by atoms with Crippen molar-refractivity contribution in [1.82, 2.24) is 0 Å². The molecule has 0 atom stereocenters. The predicted octanol–water partition coefficient (Wildman–Crippen LogP) is 1.13. The predicted molar refractivity (Wildman–Crippen MR) is 61.6 cm³/mol. The molecule has 0 radical (unpaired) electrons. The first-order chi connectivity index (χ1) is 7.61. The molecule has 0 amide bonds. The van der Waals surface area contributed by atoms with E-state index in [1.165, 1.54) is 0 Å². The van der Waals surface area contributed by atoms with E-state index < -0.39 is 17.0 Å². The number of hydrogen-bond donors (Lipinski definition) is 2. The molecule has 0 spiro atoms. The third-order valence-corrected chi connectivity index (χ3v) is 4.95. The second kappa shape index (κ2) is 4.55. The number of aliphatic carboxylic acids is 1. The lowest BCUT2D eigenvalue weighted by atomic mass is 9.64. The topological polar surface area (TPSA) is 66.8 Å². The second-order valence-electron chi connectivity index (χ2n) is 4.64. The van der Waals surface area contributed by atoms with Gasteiger partial charge in [0, 0.05) is 13.2 Å². The van der Waals surface area contributed by atoms with Crippen molar-refractivity contribution in [3.05, 3.63) is 0 Å². The molecule has 2 N–H and O–H groups in total. The summed E-state index contributed by atoms with van der Waals surface area (Å²) in [7, 11) is 0. The van der Waals surface area contributed by atoms with Gasteiger partial charge in [-0.25, -0.2) is 0 Å². The highest BCUT2D eigenvalue weighted by molar-refractivity contribution is 7.99. The Hall–Kier alpha value is -0.260. The van der Waals surface area contributed by atoms with Crippen LogP contribution in [0.25, 0.3) is 0 Å². The molecule has 2 saturated heterocycles. The molecule has 0 aromatic carbocycles. The summed E-state index contributed by atoms with van der Waals surface area (Å²) in [6.45, 7) is 0.892. The van der Waals surface area contributed by atoms with Gasteiger partial charge in [-0.15, -0.1) is 0 Å². The molecule has 0 saturated carbocycles. The number of carboxylic acids is 1. The van der Waals surface area contributed by atoms with Crippen LogP contribution in [0.15, 0.2) is 0 Å². The third-order valence-electron chi connectivity index (χ3n) is 3.97. The summed E-state index contributed by atoms with van der Waals surface area (Å²) < 4.78 is 5.23. The first-order valence-electron chi connectivity index (χ1n) is 5.72. The van der Waals surface area contributed by atoms with E-state index >= 15 is 0 Å². The highest BCUT2D eigenvalue weighted by Gasteiger charge is 2.56. The monoisotopic (exact) mass is 246 g/mol. The smallest absolute Gasteiger partial charge is 0.312 e. The highest BCUT2D eigenvalue weighted by Crippen LogP contribution is 2.47. The minimum absolute atomic E-state index is 0.434. The summed E-state index contributed by atoms with van der Waals surface area (Å²) >= 11 is 1.79. The number of rotatable bonds is 2. The van der Waals surface area contributed by atoms with Gasteiger partial charge in [0.2, 0.25) is 0 Å². The van der Waals surface area contributed by atoms with Gasteiger partial charge in [-0.1, -0.05) is 0 Å². The first kappa shape index (κ1) is 12.2. The Kier molecular flexibility index (Phi) is 3.47. The summed E-state index contributed by atoms with van der Waals surface area (Å²) in [6, 6.07) is 0. The summed E-state index contributed by atoms with van der Waals surface area (Å²) in [4.78, 5) is 11.6. The van der Waals surface area contributed by atoms with Crippen molar-refractivity contribution >= 4 is 17.7 Å². The maximum absolute atomic E-state index is 11.6. The van der Waals surface area contributed by atoms with Crippen LogP contribution >= 0.6 is 11.8 Å². The minimum atomic E-state index is -1.03. The highest BCUT2D eigenvalue weighted by atomic mass is 32.2. The van der Waals surface area contributed by atoms with Crippen molar-refractivity contribution in [2.45, 2.75) is 31.3 Å². The molecular formula is C11H18O4S. The number of aliphatic hydroxyl groups is 1. The molecule has 2 aliphatic rings. The van der Waals surface area contributed by atoms with Crippen LogP contribution in [0.4, 0.5) is 0 Å². The normalized spacial score (nSPS) is 28.6. The van der Waals surface area contributed by atoms with Crippen LogP contribution in [0.5, 0.6) is 0 Å². The lowest BCUT2D eigenvalue weighted by molar-refractivity contribution is -0.185. The maximum Gasteiger partial charge on any atom is 0.312 e. The van der Waals surface area contributed by atoms with E-state index in [0.29, 0.717) is 38.9 Å². The lowest BCUT2D eigenvalue weighted by Crippen LogP contribution is -2.57. The number of thioether (sulfide) groups is 1. The van der Waals surface area contributed by atoms with Gasteiger partial charge in [-0.2, -0.15) is 11.8 Å². The summed E-state index contributed by atoms with van der Waals surface area (Å²) in [5, 5.41) is 20.2. The van der Waals surface area contributed by atoms with E-state index in [4.69, 9.17) is 4.74 Å². The number of hydrogen-bond acceptors (Lipinski definition) is 4. The van der Waals surface area contributed by atoms with E-state index in [0.717, 1.165) is 11.5 Å². The largest absolute Gasteiger partial charge is 0.481 e. The van der Waals surface area contributed by atoms with Crippen LogP contribution in [-0.4, -0.2) is 46.5 Å². The van der Waals surface area contributed by atoms with Crippen molar-refractivity contribution in [2.75, 3.05) is 24.7 Å². The Morgan fingerprint density at radius 3 is 2.19 bits per heavy atom. The average molecular weight is 246 g/mol. The quantitative estimate of drug-likeness (QED) is 0.764. The van der Waals surface area contributed by atoms with Crippen molar-refractivity contribution in [3.63, 3.8) is 0 Å². The Balaban J connectivity index is 2.26. The molecule has 2 aliphatic heterocycles. The number of ether oxygens (including phenoxy) is 1. The molecule has 2 heterocycles. The zero-order chi connectivity index (χ0) is 11.6. The number of carboxylic acid groups (broad SMARTS) is 1. The van der Waals surface area contributed by atoms with Gasteiger partial charge in [0.1, 0.15) is 5.41 Å². The SMILES string of the molecule is O=C(O)C1(C2(O)CCSCC2)CCOCC1. The maximum atomic E-state index is 11.6. The fourth-order valence-corrected chi connectivity index (χ4v) is 3.95. The Labute approximate surface area is 99.4 Å². The Bertz CT molecular complexity index is 267. The molecular weight excluding hydrogens is 228 g/mol.